The van der Waals surface area contributed by atoms with E-state index in [-0.39, 0.29) is 16.5 Å². The number of carbonyl (C=O) groups is 1. The molecule has 1 aromatic heterocycles. The van der Waals surface area contributed by atoms with Crippen molar-refractivity contribution in [3.8, 4) is 11.5 Å². The Bertz CT molecular complexity index is 1600. The van der Waals surface area contributed by atoms with Crippen molar-refractivity contribution in [1.82, 2.24) is 9.97 Å². The SMILES string of the molecule is COc1cc(Nc2nc3ccccc3nc2NS(=O)(=O)c2cccc(CCC(C)(C)C(N)=O)c2)cc(OC)c1. The van der Waals surface area contributed by atoms with Gasteiger partial charge in [-0.3, -0.25) is 9.52 Å². The summed E-state index contributed by atoms with van der Waals surface area (Å²) < 4.78 is 40.2. The van der Waals surface area contributed by atoms with E-state index in [1.54, 1.807) is 62.4 Å². The molecule has 39 heavy (non-hydrogen) atoms. The van der Waals surface area contributed by atoms with Crippen LogP contribution in [-0.4, -0.2) is 38.5 Å². The van der Waals surface area contributed by atoms with Crippen molar-refractivity contribution in [1.29, 1.82) is 0 Å². The first kappa shape index (κ1) is 27.6. The zero-order chi connectivity index (χ0) is 28.2. The summed E-state index contributed by atoms with van der Waals surface area (Å²) in [4.78, 5) is 20.9. The number of rotatable bonds is 11. The average Bonchev–Trinajstić information content (AvgIpc) is 2.92. The van der Waals surface area contributed by atoms with Crippen LogP contribution < -0.4 is 25.2 Å². The number of anilines is 3. The van der Waals surface area contributed by atoms with Crippen LogP contribution in [0, 0.1) is 5.41 Å². The fourth-order valence-corrected chi connectivity index (χ4v) is 4.89. The smallest absolute Gasteiger partial charge is 0.263 e. The van der Waals surface area contributed by atoms with Crippen molar-refractivity contribution >= 4 is 44.3 Å². The number of aryl methyl sites for hydroxylation is 1. The Morgan fingerprint density at radius 2 is 1.51 bits per heavy atom. The molecule has 11 heteroatoms. The zero-order valence-corrected chi connectivity index (χ0v) is 23.0. The molecule has 3 aromatic carbocycles. The van der Waals surface area contributed by atoms with Crippen LogP contribution in [0.3, 0.4) is 0 Å². The molecule has 0 unspecified atom stereocenters. The van der Waals surface area contributed by atoms with Gasteiger partial charge in [-0.05, 0) is 42.7 Å². The summed E-state index contributed by atoms with van der Waals surface area (Å²) in [5.41, 5.74) is 7.20. The number of amides is 1. The summed E-state index contributed by atoms with van der Waals surface area (Å²) >= 11 is 0. The van der Waals surface area contributed by atoms with Crippen LogP contribution in [-0.2, 0) is 21.2 Å². The van der Waals surface area contributed by atoms with E-state index < -0.39 is 21.3 Å². The first-order valence-corrected chi connectivity index (χ1v) is 13.7. The van der Waals surface area contributed by atoms with Gasteiger partial charge in [0.25, 0.3) is 10.0 Å². The van der Waals surface area contributed by atoms with Crippen LogP contribution in [0.1, 0.15) is 25.8 Å². The highest BCUT2D eigenvalue weighted by Gasteiger charge is 2.25. The minimum atomic E-state index is -4.05. The number of hydrogen-bond acceptors (Lipinski definition) is 8. The van der Waals surface area contributed by atoms with Gasteiger partial charge in [0.2, 0.25) is 5.91 Å². The van der Waals surface area contributed by atoms with Crippen molar-refractivity contribution in [2.24, 2.45) is 11.1 Å². The van der Waals surface area contributed by atoms with Crippen LogP contribution in [0.4, 0.5) is 17.3 Å². The highest BCUT2D eigenvalue weighted by atomic mass is 32.2. The Morgan fingerprint density at radius 3 is 2.10 bits per heavy atom. The molecule has 204 valence electrons. The topological polar surface area (TPSA) is 146 Å². The average molecular weight is 550 g/mol. The molecule has 0 spiro atoms. The van der Waals surface area contributed by atoms with Gasteiger partial charge >= 0.3 is 0 Å². The number of aromatic nitrogens is 2. The van der Waals surface area contributed by atoms with E-state index in [1.165, 1.54) is 20.3 Å². The largest absolute Gasteiger partial charge is 0.497 e. The lowest BCUT2D eigenvalue weighted by Gasteiger charge is -2.20. The fraction of sp³-hybridized carbons (Fsp3) is 0.250. The molecular formula is C28H31N5O5S. The molecular weight excluding hydrogens is 518 g/mol. The lowest BCUT2D eigenvalue weighted by Crippen LogP contribution is -2.31. The number of nitrogens with two attached hydrogens (primary N) is 1. The zero-order valence-electron chi connectivity index (χ0n) is 22.2. The van der Waals surface area contributed by atoms with E-state index in [9.17, 15) is 13.2 Å². The van der Waals surface area contributed by atoms with E-state index in [1.807, 2.05) is 12.1 Å². The summed E-state index contributed by atoms with van der Waals surface area (Å²) in [5, 5.41) is 3.14. The molecule has 4 N–H and O–H groups in total. The second-order valence-electron chi connectivity index (χ2n) is 9.64. The predicted octanol–water partition coefficient (Wildman–Crippen LogP) is 4.64. The van der Waals surface area contributed by atoms with Gasteiger partial charge in [0.05, 0.1) is 30.1 Å². The molecule has 0 bridgehead atoms. The van der Waals surface area contributed by atoms with Crippen molar-refractivity contribution in [3.05, 3.63) is 72.3 Å². The Hall–Kier alpha value is -4.38. The first-order valence-electron chi connectivity index (χ1n) is 12.2. The van der Waals surface area contributed by atoms with Crippen molar-refractivity contribution in [3.63, 3.8) is 0 Å². The molecule has 1 amide bonds. The van der Waals surface area contributed by atoms with E-state index in [0.717, 1.165) is 5.56 Å². The van der Waals surface area contributed by atoms with Gasteiger partial charge in [0.1, 0.15) is 11.5 Å². The van der Waals surface area contributed by atoms with Crippen LogP contribution in [0.2, 0.25) is 0 Å². The minimum absolute atomic E-state index is 0.0238. The maximum atomic E-state index is 13.5. The van der Waals surface area contributed by atoms with Gasteiger partial charge in [-0.2, -0.15) is 0 Å². The second-order valence-corrected chi connectivity index (χ2v) is 11.3. The van der Waals surface area contributed by atoms with Crippen LogP contribution in [0.15, 0.2) is 71.6 Å². The number of nitrogens with zero attached hydrogens (tertiary/aromatic N) is 2. The van der Waals surface area contributed by atoms with Crippen LogP contribution in [0.5, 0.6) is 11.5 Å². The van der Waals surface area contributed by atoms with Gasteiger partial charge in [-0.15, -0.1) is 0 Å². The predicted molar refractivity (Wildman–Crippen MR) is 151 cm³/mol. The van der Waals surface area contributed by atoms with Gasteiger partial charge < -0.3 is 20.5 Å². The van der Waals surface area contributed by atoms with Gasteiger partial charge in [0.15, 0.2) is 11.6 Å². The number of benzene rings is 3. The number of primary amides is 1. The van der Waals surface area contributed by atoms with Crippen molar-refractivity contribution < 1.29 is 22.7 Å². The molecule has 0 radical (unpaired) electrons. The maximum absolute atomic E-state index is 13.5. The second kappa shape index (κ2) is 11.2. The summed E-state index contributed by atoms with van der Waals surface area (Å²) in [5.74, 6) is 0.910. The molecule has 0 saturated heterocycles. The minimum Gasteiger partial charge on any atom is -0.497 e. The van der Waals surface area contributed by atoms with Gasteiger partial charge in [0, 0.05) is 29.3 Å². The fourth-order valence-electron chi connectivity index (χ4n) is 3.81. The standard InChI is InChI=1S/C28H31N5O5S/c1-28(2,27(29)34)13-12-18-8-7-9-22(14-18)39(35,36)33-26-25(31-23-10-5-6-11-24(23)32-26)30-19-15-20(37-3)17-21(16-19)38-4/h5-11,14-17H,12-13H2,1-4H3,(H2,29,34)(H,30,31)(H,32,33). The third-order valence-corrected chi connectivity index (χ3v) is 7.67. The lowest BCUT2D eigenvalue weighted by molar-refractivity contribution is -0.126. The maximum Gasteiger partial charge on any atom is 0.263 e. The number of fused-ring (bicyclic) bond motifs is 1. The summed E-state index contributed by atoms with van der Waals surface area (Å²) in [6.45, 7) is 3.53. The summed E-state index contributed by atoms with van der Waals surface area (Å²) in [6.07, 6.45) is 0.965. The quantitative estimate of drug-likeness (QED) is 0.245. The van der Waals surface area contributed by atoms with Crippen LogP contribution in [0.25, 0.3) is 11.0 Å². The number of methoxy groups -OCH3 is 2. The number of ether oxygens (including phenoxy) is 2. The molecule has 0 aliphatic heterocycles. The summed E-state index contributed by atoms with van der Waals surface area (Å²) in [7, 11) is -0.971. The Balaban J connectivity index is 1.68. The number of hydrogen-bond donors (Lipinski definition) is 3. The van der Waals surface area contributed by atoms with Gasteiger partial charge in [-0.1, -0.05) is 38.1 Å². The highest BCUT2D eigenvalue weighted by molar-refractivity contribution is 7.92. The number of nitrogens with one attached hydrogen (secondary N) is 2. The monoisotopic (exact) mass is 549 g/mol. The summed E-state index contributed by atoms with van der Waals surface area (Å²) in [6, 6.07) is 18.9. The third kappa shape index (κ3) is 6.55. The molecule has 0 fully saturated rings. The molecule has 4 aromatic rings. The van der Waals surface area contributed by atoms with Crippen LogP contribution >= 0.6 is 0 Å². The third-order valence-electron chi connectivity index (χ3n) is 6.33. The first-order chi connectivity index (χ1) is 18.5. The molecule has 1 heterocycles. The Labute approximate surface area is 227 Å². The Morgan fingerprint density at radius 1 is 0.897 bits per heavy atom. The highest BCUT2D eigenvalue weighted by Crippen LogP contribution is 2.32. The van der Waals surface area contributed by atoms with E-state index >= 15 is 0 Å². The lowest BCUT2D eigenvalue weighted by atomic mass is 9.86. The number of sulfonamides is 1. The van der Waals surface area contributed by atoms with E-state index in [4.69, 9.17) is 15.2 Å². The van der Waals surface area contributed by atoms with Crippen molar-refractivity contribution in [2.75, 3.05) is 24.3 Å². The number of para-hydroxylation sites is 2. The van der Waals surface area contributed by atoms with Crippen molar-refractivity contribution in [2.45, 2.75) is 31.6 Å². The molecule has 0 aliphatic carbocycles. The molecule has 0 saturated carbocycles. The Kier molecular flexibility index (Phi) is 7.91. The normalized spacial score (nSPS) is 11.7. The van der Waals surface area contributed by atoms with Gasteiger partial charge in [-0.25, -0.2) is 18.4 Å². The molecule has 0 aliphatic rings. The number of carbonyl (C=O) groups excluding carboxylic acids is 1. The molecule has 10 nitrogen and oxygen atoms in total. The molecule has 4 rings (SSSR count). The molecule has 0 atom stereocenters. The van der Waals surface area contributed by atoms with E-state index in [0.29, 0.717) is 41.1 Å². The van der Waals surface area contributed by atoms with E-state index in [2.05, 4.69) is 20.0 Å².